The van der Waals surface area contributed by atoms with Crippen molar-refractivity contribution in [1.29, 1.82) is 0 Å². The van der Waals surface area contributed by atoms with Crippen LogP contribution >= 0.6 is 47.2 Å². The maximum atomic E-state index is 12.1. The fraction of sp³-hybridized carbons (Fsp3) is 0.0769. The summed E-state index contributed by atoms with van der Waals surface area (Å²) >= 11 is 18.5. The van der Waals surface area contributed by atoms with Gasteiger partial charge in [0.15, 0.2) is 0 Å². The number of halogens is 2. The van der Waals surface area contributed by atoms with Crippen molar-refractivity contribution in [3.05, 3.63) is 51.4 Å². The molecule has 98 valence electrons. The fourth-order valence-electron chi connectivity index (χ4n) is 1.57. The van der Waals surface area contributed by atoms with Crippen LogP contribution in [-0.4, -0.2) is 21.7 Å². The Morgan fingerprint density at radius 3 is 2.58 bits per heavy atom. The Hall–Kier alpha value is -0.810. The number of hydrogen-bond acceptors (Lipinski definition) is 3. The standard InChI is InChI=1S/C13H9Cl2NOS2/c1-2-6-16-12(17)11(19-13(16)18)7-8-9(14)4-3-5-10(8)15/h2-5,7H,1,6H2/b11-7+. The molecular formula is C13H9Cl2NOS2. The molecule has 1 aliphatic rings. The van der Waals surface area contributed by atoms with E-state index in [1.54, 1.807) is 30.4 Å². The van der Waals surface area contributed by atoms with Crippen LogP contribution in [0.1, 0.15) is 5.56 Å². The summed E-state index contributed by atoms with van der Waals surface area (Å²) in [4.78, 5) is 14.2. The number of thiocarbonyl (C=S) groups is 1. The van der Waals surface area contributed by atoms with E-state index in [-0.39, 0.29) is 5.91 Å². The van der Waals surface area contributed by atoms with Crippen LogP contribution in [0.2, 0.25) is 10.0 Å². The minimum Gasteiger partial charge on any atom is -0.289 e. The number of hydrogen-bond donors (Lipinski definition) is 0. The summed E-state index contributed by atoms with van der Waals surface area (Å²) in [6.07, 6.45) is 3.31. The number of benzene rings is 1. The van der Waals surface area contributed by atoms with Crippen molar-refractivity contribution in [1.82, 2.24) is 4.90 Å². The Bertz CT molecular complexity index is 578. The van der Waals surface area contributed by atoms with E-state index in [4.69, 9.17) is 35.4 Å². The zero-order chi connectivity index (χ0) is 14.0. The van der Waals surface area contributed by atoms with Crippen molar-refractivity contribution in [2.75, 3.05) is 6.54 Å². The van der Waals surface area contributed by atoms with Gasteiger partial charge in [0.1, 0.15) is 4.32 Å². The normalized spacial score (nSPS) is 17.4. The second-order valence-electron chi connectivity index (χ2n) is 3.72. The number of rotatable bonds is 3. The molecule has 1 aliphatic heterocycles. The molecule has 1 heterocycles. The summed E-state index contributed by atoms with van der Waals surface area (Å²) in [6, 6.07) is 5.21. The molecule has 1 fully saturated rings. The lowest BCUT2D eigenvalue weighted by Gasteiger charge is -2.10. The first-order valence-corrected chi connectivity index (χ1v) is 7.33. The van der Waals surface area contributed by atoms with E-state index in [2.05, 4.69) is 6.58 Å². The van der Waals surface area contributed by atoms with Crippen LogP contribution in [0, 0.1) is 0 Å². The Balaban J connectivity index is 2.38. The zero-order valence-electron chi connectivity index (χ0n) is 9.73. The molecule has 0 radical (unpaired) electrons. The second kappa shape index (κ2) is 6.09. The first-order chi connectivity index (χ1) is 9.04. The van der Waals surface area contributed by atoms with Gasteiger partial charge >= 0.3 is 0 Å². The molecule has 6 heteroatoms. The minimum atomic E-state index is -0.147. The molecule has 1 aromatic rings. The van der Waals surface area contributed by atoms with Gasteiger partial charge in [0.25, 0.3) is 5.91 Å². The molecule has 0 aromatic heterocycles. The highest BCUT2D eigenvalue weighted by atomic mass is 35.5. The van der Waals surface area contributed by atoms with E-state index < -0.39 is 0 Å². The average molecular weight is 330 g/mol. The van der Waals surface area contributed by atoms with Crippen LogP contribution < -0.4 is 0 Å². The van der Waals surface area contributed by atoms with E-state index in [0.717, 1.165) is 0 Å². The first kappa shape index (κ1) is 14.6. The first-order valence-electron chi connectivity index (χ1n) is 5.35. The van der Waals surface area contributed by atoms with Crippen LogP contribution in [-0.2, 0) is 4.79 Å². The van der Waals surface area contributed by atoms with Crippen LogP contribution in [0.3, 0.4) is 0 Å². The van der Waals surface area contributed by atoms with Crippen molar-refractivity contribution in [3.8, 4) is 0 Å². The van der Waals surface area contributed by atoms with Crippen molar-refractivity contribution in [2.45, 2.75) is 0 Å². The molecule has 0 aliphatic carbocycles. The van der Waals surface area contributed by atoms with Crippen LogP contribution in [0.25, 0.3) is 6.08 Å². The molecule has 0 spiro atoms. The summed E-state index contributed by atoms with van der Waals surface area (Å²) in [7, 11) is 0. The summed E-state index contributed by atoms with van der Waals surface area (Å²) in [5.74, 6) is -0.147. The smallest absolute Gasteiger partial charge is 0.266 e. The van der Waals surface area contributed by atoms with Gasteiger partial charge in [-0.15, -0.1) is 6.58 Å². The van der Waals surface area contributed by atoms with Gasteiger partial charge in [0.05, 0.1) is 4.91 Å². The minimum absolute atomic E-state index is 0.147. The van der Waals surface area contributed by atoms with Gasteiger partial charge < -0.3 is 0 Å². The Morgan fingerprint density at radius 2 is 2.00 bits per heavy atom. The highest BCUT2D eigenvalue weighted by Crippen LogP contribution is 2.35. The van der Waals surface area contributed by atoms with Crippen LogP contribution in [0.4, 0.5) is 0 Å². The maximum absolute atomic E-state index is 12.1. The highest BCUT2D eigenvalue weighted by Gasteiger charge is 2.31. The number of carbonyl (C=O) groups excluding carboxylic acids is 1. The van der Waals surface area contributed by atoms with Crippen LogP contribution in [0.5, 0.6) is 0 Å². The monoisotopic (exact) mass is 329 g/mol. The number of carbonyl (C=O) groups is 1. The SMILES string of the molecule is C=CCN1C(=O)/C(=C\c2c(Cl)cccc2Cl)SC1=S. The molecule has 19 heavy (non-hydrogen) atoms. The van der Waals surface area contributed by atoms with E-state index in [1.807, 2.05) is 0 Å². The summed E-state index contributed by atoms with van der Waals surface area (Å²) in [5.41, 5.74) is 0.630. The third kappa shape index (κ3) is 3.03. The van der Waals surface area contributed by atoms with E-state index >= 15 is 0 Å². The molecule has 0 unspecified atom stereocenters. The third-order valence-corrected chi connectivity index (χ3v) is 4.50. The zero-order valence-corrected chi connectivity index (χ0v) is 12.9. The molecule has 1 aromatic carbocycles. The van der Waals surface area contributed by atoms with Gasteiger partial charge in [-0.25, -0.2) is 0 Å². The lowest BCUT2D eigenvalue weighted by molar-refractivity contribution is -0.121. The Morgan fingerprint density at radius 1 is 1.37 bits per heavy atom. The van der Waals surface area contributed by atoms with E-state index in [1.165, 1.54) is 16.7 Å². The number of thioether (sulfide) groups is 1. The Kier molecular flexibility index (Phi) is 4.68. The largest absolute Gasteiger partial charge is 0.289 e. The van der Waals surface area contributed by atoms with Crippen molar-refractivity contribution in [3.63, 3.8) is 0 Å². The predicted molar refractivity (Wildman–Crippen MR) is 86.5 cm³/mol. The maximum Gasteiger partial charge on any atom is 0.266 e. The predicted octanol–water partition coefficient (Wildman–Crippen LogP) is 4.38. The Labute approximate surface area is 131 Å². The van der Waals surface area contributed by atoms with Crippen molar-refractivity contribution in [2.24, 2.45) is 0 Å². The fourth-order valence-corrected chi connectivity index (χ4v) is 3.33. The summed E-state index contributed by atoms with van der Waals surface area (Å²) < 4.78 is 0.513. The lowest BCUT2D eigenvalue weighted by Crippen LogP contribution is -2.27. The molecule has 0 N–H and O–H groups in total. The van der Waals surface area contributed by atoms with Gasteiger partial charge in [0, 0.05) is 22.2 Å². The van der Waals surface area contributed by atoms with Gasteiger partial charge in [-0.1, -0.05) is 59.3 Å². The quantitative estimate of drug-likeness (QED) is 0.466. The van der Waals surface area contributed by atoms with Crippen molar-refractivity contribution < 1.29 is 4.79 Å². The van der Waals surface area contributed by atoms with E-state index in [9.17, 15) is 4.79 Å². The molecule has 2 rings (SSSR count). The summed E-state index contributed by atoms with van der Waals surface area (Å²) in [5, 5.41) is 1.00. The molecule has 0 bridgehead atoms. The number of nitrogens with zero attached hydrogens (tertiary/aromatic N) is 1. The van der Waals surface area contributed by atoms with Crippen LogP contribution in [0.15, 0.2) is 35.8 Å². The molecular weight excluding hydrogens is 321 g/mol. The van der Waals surface area contributed by atoms with Gasteiger partial charge in [0.2, 0.25) is 0 Å². The molecule has 1 amide bonds. The summed E-state index contributed by atoms with van der Waals surface area (Å²) in [6.45, 7) is 4.01. The average Bonchev–Trinajstić information content (AvgIpc) is 2.62. The highest BCUT2D eigenvalue weighted by molar-refractivity contribution is 8.26. The van der Waals surface area contributed by atoms with Gasteiger partial charge in [-0.05, 0) is 18.2 Å². The lowest BCUT2D eigenvalue weighted by atomic mass is 10.2. The van der Waals surface area contributed by atoms with Gasteiger partial charge in [-0.3, -0.25) is 9.69 Å². The van der Waals surface area contributed by atoms with Gasteiger partial charge in [-0.2, -0.15) is 0 Å². The van der Waals surface area contributed by atoms with E-state index in [0.29, 0.717) is 31.4 Å². The molecule has 1 saturated heterocycles. The molecule has 2 nitrogen and oxygen atoms in total. The number of amides is 1. The van der Waals surface area contributed by atoms with Crippen molar-refractivity contribution >= 4 is 63.5 Å². The second-order valence-corrected chi connectivity index (χ2v) is 6.21. The molecule has 0 atom stereocenters. The third-order valence-electron chi connectivity index (χ3n) is 2.46. The topological polar surface area (TPSA) is 20.3 Å². The molecule has 0 saturated carbocycles.